The Morgan fingerprint density at radius 1 is 1.15 bits per heavy atom. The molecule has 228 valence electrons. The summed E-state index contributed by atoms with van der Waals surface area (Å²) in [7, 11) is -3.51. The Hall–Kier alpha value is -4.28. The second kappa shape index (κ2) is 16.1. The van der Waals surface area contributed by atoms with Gasteiger partial charge in [0.25, 0.3) is 0 Å². The number of carbonyl (C=O) groups is 4. The van der Waals surface area contributed by atoms with Gasteiger partial charge in [-0.2, -0.15) is 0 Å². The molecule has 1 rings (SSSR count). The number of rotatable bonds is 15. The molecular formula is C22H35N8O10P. The minimum atomic E-state index is -4.77. The van der Waals surface area contributed by atoms with E-state index in [-0.39, 0.29) is 37.0 Å². The van der Waals surface area contributed by atoms with Crippen LogP contribution in [-0.4, -0.2) is 92.5 Å². The fraction of sp³-hybridized carbons (Fsp3) is 0.500. The molecule has 0 aliphatic carbocycles. The highest BCUT2D eigenvalue weighted by atomic mass is 31.2. The quantitative estimate of drug-likeness (QED) is 0.0346. The van der Waals surface area contributed by atoms with E-state index in [1.807, 2.05) is 5.32 Å². The lowest BCUT2D eigenvalue weighted by Gasteiger charge is -2.26. The molecule has 41 heavy (non-hydrogen) atoms. The lowest BCUT2D eigenvalue weighted by Crippen LogP contribution is -2.58. The van der Waals surface area contributed by atoms with Gasteiger partial charge in [-0.1, -0.05) is 30.3 Å². The van der Waals surface area contributed by atoms with E-state index in [4.69, 9.17) is 16.2 Å². The monoisotopic (exact) mass is 602 g/mol. The number of aliphatic imine (C=N–C) groups is 1. The SMILES string of the molecule is C[C@H](NC(=O)[C@H](C)N(C(=O)[C@H](CCCN=C(N)N)NC(=O)CN(C)C(=O)OCc1ccccc1)[N+](=O)[O-])P(=O)(O)O. The van der Waals surface area contributed by atoms with Crippen molar-refractivity contribution in [2.75, 3.05) is 20.1 Å². The predicted octanol–water partition coefficient (Wildman–Crippen LogP) is -1.16. The zero-order valence-electron chi connectivity index (χ0n) is 22.7. The zero-order valence-corrected chi connectivity index (χ0v) is 23.6. The maximum absolute atomic E-state index is 13.2. The number of hydrazine groups is 1. The molecule has 0 spiro atoms. The van der Waals surface area contributed by atoms with Crippen molar-refractivity contribution in [3.8, 4) is 0 Å². The third kappa shape index (κ3) is 12.2. The molecule has 1 aromatic rings. The highest BCUT2D eigenvalue weighted by molar-refractivity contribution is 7.52. The number of guanidine groups is 1. The number of amides is 4. The molecule has 0 heterocycles. The lowest BCUT2D eigenvalue weighted by atomic mass is 10.1. The standard InChI is InChI=1S/C22H35N8O10P/c1-14(19(32)26-15(2)41(37,38)39)29(30(35)36)20(33)17(10-7-11-25-21(23)24)27-18(31)12-28(3)22(34)40-13-16-8-5-4-6-9-16/h4-6,8-9,14-15,17H,7,10-13H2,1-3H3,(H,26,32)(H,27,31)(H4,23,24,25)(H2,37,38,39)/t14-,15+,17-/m0/s1. The van der Waals surface area contributed by atoms with Crippen LogP contribution in [0.15, 0.2) is 35.3 Å². The van der Waals surface area contributed by atoms with E-state index in [0.717, 1.165) is 18.7 Å². The van der Waals surface area contributed by atoms with Crippen LogP contribution in [0.1, 0.15) is 32.3 Å². The van der Waals surface area contributed by atoms with Crippen molar-refractivity contribution in [3.63, 3.8) is 0 Å². The third-order valence-corrected chi connectivity index (χ3v) is 6.62. The Morgan fingerprint density at radius 2 is 1.76 bits per heavy atom. The molecule has 0 fully saturated rings. The van der Waals surface area contributed by atoms with Crippen molar-refractivity contribution >= 4 is 37.4 Å². The fourth-order valence-electron chi connectivity index (χ4n) is 3.20. The van der Waals surface area contributed by atoms with E-state index in [1.165, 1.54) is 7.05 Å². The van der Waals surface area contributed by atoms with Crippen LogP contribution in [0.5, 0.6) is 0 Å². The molecule has 4 amide bonds. The van der Waals surface area contributed by atoms with Crippen molar-refractivity contribution in [1.82, 2.24) is 20.5 Å². The first-order valence-electron chi connectivity index (χ1n) is 12.1. The zero-order chi connectivity index (χ0) is 31.3. The van der Waals surface area contributed by atoms with Crippen molar-refractivity contribution < 1.29 is 43.3 Å². The molecule has 0 radical (unpaired) electrons. The average molecular weight is 603 g/mol. The van der Waals surface area contributed by atoms with E-state index < -0.39 is 60.9 Å². The van der Waals surface area contributed by atoms with Crippen molar-refractivity contribution in [2.24, 2.45) is 16.5 Å². The first-order valence-corrected chi connectivity index (χ1v) is 13.8. The molecule has 0 aromatic heterocycles. The van der Waals surface area contributed by atoms with Gasteiger partial charge in [-0.3, -0.25) is 23.9 Å². The number of likely N-dealkylation sites (N-methyl/N-ethyl adjacent to an activating group) is 1. The van der Waals surface area contributed by atoms with E-state index in [2.05, 4.69) is 10.3 Å². The molecule has 18 nitrogen and oxygen atoms in total. The van der Waals surface area contributed by atoms with Gasteiger partial charge in [-0.15, -0.1) is 0 Å². The molecule has 3 atom stereocenters. The summed E-state index contributed by atoms with van der Waals surface area (Å²) in [6, 6.07) is 5.35. The molecule has 19 heteroatoms. The van der Waals surface area contributed by atoms with Crippen LogP contribution in [0.2, 0.25) is 0 Å². The summed E-state index contributed by atoms with van der Waals surface area (Å²) < 4.78 is 16.5. The first-order chi connectivity index (χ1) is 19.0. The maximum atomic E-state index is 13.2. The molecule has 8 N–H and O–H groups in total. The lowest BCUT2D eigenvalue weighted by molar-refractivity contribution is -0.639. The van der Waals surface area contributed by atoms with Crippen LogP contribution in [0.4, 0.5) is 4.79 Å². The summed E-state index contributed by atoms with van der Waals surface area (Å²) >= 11 is 0. The van der Waals surface area contributed by atoms with Crippen molar-refractivity contribution in [1.29, 1.82) is 0 Å². The van der Waals surface area contributed by atoms with Gasteiger partial charge in [0, 0.05) is 13.6 Å². The minimum Gasteiger partial charge on any atom is -0.445 e. The number of ether oxygens (including phenoxy) is 1. The molecule has 1 aromatic carbocycles. The Labute approximate surface area is 235 Å². The molecule has 0 aliphatic heterocycles. The van der Waals surface area contributed by atoms with Gasteiger partial charge in [0.05, 0.1) is 0 Å². The summed E-state index contributed by atoms with van der Waals surface area (Å²) in [4.78, 5) is 85.5. The van der Waals surface area contributed by atoms with E-state index in [0.29, 0.717) is 5.56 Å². The smallest absolute Gasteiger partial charge is 0.410 e. The number of benzene rings is 1. The number of nitrogens with zero attached hydrogens (tertiary/aromatic N) is 4. The fourth-order valence-corrected chi connectivity index (χ4v) is 3.50. The molecule has 0 bridgehead atoms. The minimum absolute atomic E-state index is 0.00199. The Kier molecular flexibility index (Phi) is 13.6. The number of hydrogen-bond acceptors (Lipinski definition) is 9. The number of nitrogens with one attached hydrogen (secondary N) is 2. The van der Waals surface area contributed by atoms with Crippen molar-refractivity contribution in [3.05, 3.63) is 46.0 Å². The molecule has 0 unspecified atom stereocenters. The van der Waals surface area contributed by atoms with E-state index in [9.17, 15) is 43.6 Å². The van der Waals surface area contributed by atoms with Crippen molar-refractivity contribution in [2.45, 2.75) is 51.2 Å². The average Bonchev–Trinajstić information content (AvgIpc) is 2.88. The van der Waals surface area contributed by atoms with Gasteiger partial charge in [0.15, 0.2) is 17.0 Å². The molecule has 0 saturated carbocycles. The van der Waals surface area contributed by atoms with Crippen LogP contribution in [-0.2, 0) is 30.3 Å². The van der Waals surface area contributed by atoms with E-state index in [1.54, 1.807) is 30.3 Å². The Bertz CT molecular complexity index is 1160. The topological polar surface area (TPSA) is 273 Å². The molecule has 0 saturated heterocycles. The third-order valence-electron chi connectivity index (χ3n) is 5.48. The van der Waals surface area contributed by atoms with Crippen LogP contribution in [0.25, 0.3) is 0 Å². The second-order valence-electron chi connectivity index (χ2n) is 8.84. The summed E-state index contributed by atoms with van der Waals surface area (Å²) in [5.74, 6) is -5.34. The highest BCUT2D eigenvalue weighted by Gasteiger charge is 2.41. The summed E-state index contributed by atoms with van der Waals surface area (Å²) in [5.41, 5.74) is 11.2. The van der Waals surface area contributed by atoms with Gasteiger partial charge >= 0.3 is 19.6 Å². The number of nitrogens with two attached hydrogens (primary N) is 2. The van der Waals surface area contributed by atoms with Crippen LogP contribution in [0, 0.1) is 10.1 Å². The summed E-state index contributed by atoms with van der Waals surface area (Å²) in [5, 5.41) is 14.8. The van der Waals surface area contributed by atoms with E-state index >= 15 is 0 Å². The van der Waals surface area contributed by atoms with Crippen LogP contribution >= 0.6 is 7.60 Å². The van der Waals surface area contributed by atoms with Crippen LogP contribution < -0.4 is 22.1 Å². The van der Waals surface area contributed by atoms with Gasteiger partial charge < -0.3 is 41.5 Å². The maximum Gasteiger partial charge on any atom is 0.410 e. The number of carbonyl (C=O) groups excluding carboxylic acids is 4. The Balaban J connectivity index is 3.01. The van der Waals surface area contributed by atoms with Gasteiger partial charge in [0.2, 0.25) is 11.8 Å². The number of nitro groups is 1. The normalized spacial score (nSPS) is 13.1. The highest BCUT2D eigenvalue weighted by Crippen LogP contribution is 2.39. The van der Waals surface area contributed by atoms with Gasteiger partial charge in [-0.25, -0.2) is 14.9 Å². The van der Waals surface area contributed by atoms with Gasteiger partial charge in [-0.05, 0) is 37.3 Å². The van der Waals surface area contributed by atoms with Gasteiger partial charge in [0.1, 0.15) is 25.0 Å². The second-order valence-corrected chi connectivity index (χ2v) is 10.8. The first kappa shape index (κ1) is 34.7. The molecule has 0 aliphatic rings. The van der Waals surface area contributed by atoms with Crippen LogP contribution in [0.3, 0.4) is 0 Å². The predicted molar refractivity (Wildman–Crippen MR) is 144 cm³/mol. The molecular weight excluding hydrogens is 567 g/mol. The number of hydrogen-bond donors (Lipinski definition) is 6. The Morgan fingerprint density at radius 3 is 2.29 bits per heavy atom. The summed E-state index contributed by atoms with van der Waals surface area (Å²) in [6.07, 6.45) is -0.984. The summed E-state index contributed by atoms with van der Waals surface area (Å²) in [6.45, 7) is 1.31. The largest absolute Gasteiger partial charge is 0.445 e.